The van der Waals surface area contributed by atoms with Crippen LogP contribution >= 0.6 is 22.9 Å². The highest BCUT2D eigenvalue weighted by molar-refractivity contribution is 7.91. The predicted molar refractivity (Wildman–Crippen MR) is 113 cm³/mol. The predicted octanol–water partition coefficient (Wildman–Crippen LogP) is 3.08. The summed E-state index contributed by atoms with van der Waals surface area (Å²) in [7, 11) is -3.48. The van der Waals surface area contributed by atoms with Crippen molar-refractivity contribution in [2.75, 3.05) is 42.5 Å². The number of anilines is 2. The lowest BCUT2D eigenvalue weighted by atomic mass is 10.0. The first kappa shape index (κ1) is 19.9. The van der Waals surface area contributed by atoms with E-state index in [4.69, 9.17) is 11.6 Å². The number of rotatable bonds is 4. The smallest absolute Gasteiger partial charge is 0.252 e. The lowest BCUT2D eigenvalue weighted by molar-refractivity contribution is 0.384. The number of sulfonamides is 1. The van der Waals surface area contributed by atoms with Crippen molar-refractivity contribution in [3.8, 4) is 0 Å². The first-order chi connectivity index (χ1) is 13.4. The van der Waals surface area contributed by atoms with Gasteiger partial charge < -0.3 is 9.80 Å². The van der Waals surface area contributed by atoms with Gasteiger partial charge >= 0.3 is 0 Å². The van der Waals surface area contributed by atoms with Gasteiger partial charge in [-0.05, 0) is 50.5 Å². The van der Waals surface area contributed by atoms with Crippen LogP contribution in [0.25, 0.3) is 0 Å². The molecule has 1 atom stereocenters. The van der Waals surface area contributed by atoms with Gasteiger partial charge in [-0.1, -0.05) is 11.6 Å². The highest BCUT2D eigenvalue weighted by Gasteiger charge is 2.30. The first-order valence-electron chi connectivity index (χ1n) is 9.56. The molecule has 0 saturated carbocycles. The van der Waals surface area contributed by atoms with E-state index in [-0.39, 0.29) is 0 Å². The molecule has 0 N–H and O–H groups in total. The minimum atomic E-state index is -3.48. The number of hydrogen-bond acceptors (Lipinski definition) is 7. The Kier molecular flexibility index (Phi) is 5.78. The largest absolute Gasteiger partial charge is 0.352 e. The van der Waals surface area contributed by atoms with Crippen molar-refractivity contribution in [2.45, 2.75) is 36.4 Å². The maximum absolute atomic E-state index is 12.7. The standard InChI is InChI=1S/C18H24ClN5O2S2/c1-14-4-2-3-9-24(14)17-7-6-16(20-21-17)22-10-12-23(13-11-22)28(25,26)18-8-5-15(19)27-18/h5-8,14H,2-4,9-13H2,1H3. The zero-order chi connectivity index (χ0) is 19.7. The fourth-order valence-electron chi connectivity index (χ4n) is 3.80. The maximum atomic E-state index is 12.7. The van der Waals surface area contributed by atoms with Crippen LogP contribution in [0.2, 0.25) is 4.34 Å². The third-order valence-electron chi connectivity index (χ3n) is 5.44. The summed E-state index contributed by atoms with van der Waals surface area (Å²) in [6.45, 7) is 5.28. The molecule has 4 heterocycles. The highest BCUT2D eigenvalue weighted by atomic mass is 35.5. The van der Waals surface area contributed by atoms with Gasteiger partial charge in [0, 0.05) is 38.8 Å². The van der Waals surface area contributed by atoms with Crippen LogP contribution in [0.5, 0.6) is 0 Å². The molecule has 0 amide bonds. The Labute approximate surface area is 175 Å². The molecule has 0 aliphatic carbocycles. The molecule has 10 heteroatoms. The quantitative estimate of drug-likeness (QED) is 0.726. The summed E-state index contributed by atoms with van der Waals surface area (Å²) in [6, 6.07) is 7.71. The van der Waals surface area contributed by atoms with Crippen LogP contribution in [0, 0.1) is 0 Å². The Morgan fingerprint density at radius 1 is 1.00 bits per heavy atom. The minimum absolute atomic E-state index is 0.297. The molecule has 2 aliphatic heterocycles. The number of halogens is 1. The van der Waals surface area contributed by atoms with Crippen molar-refractivity contribution >= 4 is 44.6 Å². The molecule has 2 fully saturated rings. The fourth-order valence-corrected chi connectivity index (χ4v) is 6.86. The Morgan fingerprint density at radius 3 is 2.32 bits per heavy atom. The van der Waals surface area contributed by atoms with E-state index in [0.29, 0.717) is 40.8 Å². The average Bonchev–Trinajstić information content (AvgIpc) is 3.16. The van der Waals surface area contributed by atoms with Gasteiger partial charge in [-0.3, -0.25) is 0 Å². The number of aromatic nitrogens is 2. The van der Waals surface area contributed by atoms with E-state index in [9.17, 15) is 8.42 Å². The SMILES string of the molecule is CC1CCCCN1c1ccc(N2CCN(S(=O)(=O)c3ccc(Cl)s3)CC2)nn1. The van der Waals surface area contributed by atoms with Crippen molar-refractivity contribution in [1.29, 1.82) is 0 Å². The van der Waals surface area contributed by atoms with Crippen molar-refractivity contribution in [2.24, 2.45) is 0 Å². The molecular weight excluding hydrogens is 418 g/mol. The lowest BCUT2D eigenvalue weighted by Crippen LogP contribution is -2.48. The molecule has 2 aromatic heterocycles. The molecule has 0 spiro atoms. The van der Waals surface area contributed by atoms with E-state index < -0.39 is 10.0 Å². The second kappa shape index (κ2) is 8.14. The van der Waals surface area contributed by atoms with E-state index in [0.717, 1.165) is 29.5 Å². The molecule has 1 unspecified atom stereocenters. The summed E-state index contributed by atoms with van der Waals surface area (Å²) in [5.41, 5.74) is 0. The summed E-state index contributed by atoms with van der Waals surface area (Å²) >= 11 is 6.99. The molecule has 2 aliphatic rings. The summed E-state index contributed by atoms with van der Waals surface area (Å²) in [6.07, 6.45) is 3.66. The van der Waals surface area contributed by atoms with E-state index in [1.54, 1.807) is 12.1 Å². The average molecular weight is 442 g/mol. The van der Waals surface area contributed by atoms with E-state index in [1.807, 2.05) is 12.1 Å². The zero-order valence-corrected chi connectivity index (χ0v) is 18.2. The molecular formula is C18H24ClN5O2S2. The second-order valence-corrected chi connectivity index (χ2v) is 11.1. The molecule has 28 heavy (non-hydrogen) atoms. The lowest BCUT2D eigenvalue weighted by Gasteiger charge is -2.35. The Bertz CT molecular complexity index is 910. The molecule has 0 aromatic carbocycles. The van der Waals surface area contributed by atoms with Crippen molar-refractivity contribution < 1.29 is 8.42 Å². The first-order valence-corrected chi connectivity index (χ1v) is 12.2. The van der Waals surface area contributed by atoms with Crippen LogP contribution in [0.4, 0.5) is 11.6 Å². The monoisotopic (exact) mass is 441 g/mol. The van der Waals surface area contributed by atoms with Gasteiger partial charge in [0.2, 0.25) is 0 Å². The number of thiophene rings is 1. The molecule has 0 bridgehead atoms. The van der Waals surface area contributed by atoms with Crippen LogP contribution in [-0.4, -0.2) is 61.7 Å². The maximum Gasteiger partial charge on any atom is 0.252 e. The van der Waals surface area contributed by atoms with Crippen molar-refractivity contribution in [3.63, 3.8) is 0 Å². The second-order valence-electron chi connectivity index (χ2n) is 7.24. The normalized spacial score (nSPS) is 21.9. The third-order valence-corrected chi connectivity index (χ3v) is 9.04. The van der Waals surface area contributed by atoms with Gasteiger partial charge in [0.25, 0.3) is 10.0 Å². The van der Waals surface area contributed by atoms with Crippen LogP contribution in [0.15, 0.2) is 28.5 Å². The fraction of sp³-hybridized carbons (Fsp3) is 0.556. The summed E-state index contributed by atoms with van der Waals surface area (Å²) in [5.74, 6) is 1.72. The van der Waals surface area contributed by atoms with Crippen LogP contribution in [0.1, 0.15) is 26.2 Å². The minimum Gasteiger partial charge on any atom is -0.352 e. The van der Waals surface area contributed by atoms with Crippen LogP contribution < -0.4 is 9.80 Å². The Balaban J connectivity index is 1.40. The summed E-state index contributed by atoms with van der Waals surface area (Å²) in [5, 5.41) is 8.85. The molecule has 2 aromatic rings. The van der Waals surface area contributed by atoms with Crippen molar-refractivity contribution in [3.05, 3.63) is 28.6 Å². The summed E-state index contributed by atoms with van der Waals surface area (Å²) in [4.78, 5) is 4.40. The topological polar surface area (TPSA) is 69.6 Å². The van der Waals surface area contributed by atoms with E-state index in [1.165, 1.54) is 23.6 Å². The van der Waals surface area contributed by atoms with E-state index in [2.05, 4.69) is 26.9 Å². The molecule has 4 rings (SSSR count). The number of piperazine rings is 1. The van der Waals surface area contributed by atoms with Crippen LogP contribution in [0.3, 0.4) is 0 Å². The van der Waals surface area contributed by atoms with Crippen molar-refractivity contribution in [1.82, 2.24) is 14.5 Å². The Morgan fingerprint density at radius 2 is 1.71 bits per heavy atom. The highest BCUT2D eigenvalue weighted by Crippen LogP contribution is 2.29. The molecule has 152 valence electrons. The number of piperidine rings is 1. The molecule has 2 saturated heterocycles. The van der Waals surface area contributed by atoms with Gasteiger partial charge in [0.05, 0.1) is 4.34 Å². The van der Waals surface area contributed by atoms with Crippen LogP contribution in [-0.2, 0) is 10.0 Å². The van der Waals surface area contributed by atoms with Gasteiger partial charge in [-0.2, -0.15) is 4.31 Å². The van der Waals surface area contributed by atoms with E-state index >= 15 is 0 Å². The zero-order valence-electron chi connectivity index (χ0n) is 15.8. The molecule has 7 nitrogen and oxygen atoms in total. The van der Waals surface area contributed by atoms with Gasteiger partial charge in [0.1, 0.15) is 4.21 Å². The third kappa shape index (κ3) is 3.98. The van der Waals surface area contributed by atoms with Gasteiger partial charge in [0.15, 0.2) is 11.6 Å². The number of hydrogen-bond donors (Lipinski definition) is 0. The Hall–Kier alpha value is -1.42. The summed E-state index contributed by atoms with van der Waals surface area (Å²) < 4.78 is 27.7. The van der Waals surface area contributed by atoms with Gasteiger partial charge in [-0.25, -0.2) is 8.42 Å². The number of nitrogens with zero attached hydrogens (tertiary/aromatic N) is 5. The van der Waals surface area contributed by atoms with Gasteiger partial charge in [-0.15, -0.1) is 21.5 Å². The molecule has 0 radical (unpaired) electrons.